The van der Waals surface area contributed by atoms with Gasteiger partial charge in [-0.05, 0) is 25.1 Å². The van der Waals surface area contributed by atoms with Crippen molar-refractivity contribution in [2.24, 2.45) is 0 Å². The Balaban J connectivity index is 1.82. The van der Waals surface area contributed by atoms with E-state index in [1.807, 2.05) is 36.5 Å². The molecule has 2 nitrogen and oxygen atoms in total. The maximum atomic E-state index is 4.73. The molecule has 114 valence electrons. The molecule has 5 aromatic rings. The monoisotopic (exact) mass is 326 g/mol. The summed E-state index contributed by atoms with van der Waals surface area (Å²) in [5, 5.41) is 3.74. The first kappa shape index (κ1) is 13.6. The van der Waals surface area contributed by atoms with Crippen molar-refractivity contribution in [3.63, 3.8) is 0 Å². The Morgan fingerprint density at radius 3 is 2.38 bits per heavy atom. The molecule has 0 saturated carbocycles. The average molecular weight is 326 g/mol. The second kappa shape index (κ2) is 5.11. The van der Waals surface area contributed by atoms with Crippen LogP contribution in [0.15, 0.2) is 66.7 Å². The third-order valence-electron chi connectivity index (χ3n) is 4.37. The predicted molar refractivity (Wildman–Crippen MR) is 103 cm³/mol. The van der Waals surface area contributed by atoms with Gasteiger partial charge in [-0.15, -0.1) is 11.3 Å². The number of aromatic nitrogens is 2. The molecular weight excluding hydrogens is 312 g/mol. The summed E-state index contributed by atoms with van der Waals surface area (Å²) in [5.74, 6) is 0.806. The van der Waals surface area contributed by atoms with Crippen molar-refractivity contribution in [1.82, 2.24) is 9.97 Å². The first-order valence-electron chi connectivity index (χ1n) is 7.95. The van der Waals surface area contributed by atoms with Gasteiger partial charge in [0.15, 0.2) is 0 Å². The van der Waals surface area contributed by atoms with Crippen molar-refractivity contribution in [1.29, 1.82) is 0 Å². The molecule has 0 radical (unpaired) electrons. The lowest BCUT2D eigenvalue weighted by Gasteiger charge is -2.07. The van der Waals surface area contributed by atoms with E-state index in [2.05, 4.69) is 53.5 Å². The summed E-state index contributed by atoms with van der Waals surface area (Å²) in [7, 11) is 0. The summed E-state index contributed by atoms with van der Waals surface area (Å²) in [6.07, 6.45) is 0. The number of hydrogen-bond donors (Lipinski definition) is 0. The molecule has 2 heterocycles. The van der Waals surface area contributed by atoms with Crippen LogP contribution in [-0.2, 0) is 0 Å². The number of nitrogens with zero attached hydrogens (tertiary/aromatic N) is 2. The fourth-order valence-corrected chi connectivity index (χ4v) is 4.43. The largest absolute Gasteiger partial charge is 0.233 e. The zero-order chi connectivity index (χ0) is 16.1. The van der Waals surface area contributed by atoms with Crippen molar-refractivity contribution in [2.75, 3.05) is 0 Å². The summed E-state index contributed by atoms with van der Waals surface area (Å²) < 4.78 is 2.63. The van der Waals surface area contributed by atoms with Crippen LogP contribution in [-0.4, -0.2) is 9.97 Å². The van der Waals surface area contributed by atoms with E-state index in [1.54, 1.807) is 0 Å². The normalized spacial score (nSPS) is 11.5. The van der Waals surface area contributed by atoms with E-state index in [4.69, 9.17) is 4.98 Å². The lowest BCUT2D eigenvalue weighted by Crippen LogP contribution is -1.93. The van der Waals surface area contributed by atoms with E-state index in [0.29, 0.717) is 0 Å². The van der Waals surface area contributed by atoms with Crippen LogP contribution in [0.1, 0.15) is 5.82 Å². The molecule has 3 heteroatoms. The Labute approximate surface area is 143 Å². The number of para-hydroxylation sites is 1. The van der Waals surface area contributed by atoms with Gasteiger partial charge in [-0.25, -0.2) is 9.97 Å². The van der Waals surface area contributed by atoms with Gasteiger partial charge in [-0.2, -0.15) is 0 Å². The number of rotatable bonds is 1. The Hall–Kier alpha value is -2.78. The highest BCUT2D eigenvalue weighted by Gasteiger charge is 2.10. The lowest BCUT2D eigenvalue weighted by molar-refractivity contribution is 1.10. The molecule has 0 aliphatic carbocycles. The third-order valence-corrected chi connectivity index (χ3v) is 5.50. The van der Waals surface area contributed by atoms with E-state index in [1.165, 1.54) is 20.2 Å². The maximum Gasteiger partial charge on any atom is 0.126 e. The highest BCUT2D eigenvalue weighted by atomic mass is 32.1. The Morgan fingerprint density at radius 2 is 1.46 bits per heavy atom. The number of fused-ring (bicyclic) bond motifs is 4. The van der Waals surface area contributed by atoms with E-state index < -0.39 is 0 Å². The highest BCUT2D eigenvalue weighted by molar-refractivity contribution is 7.25. The minimum absolute atomic E-state index is 0.806. The van der Waals surface area contributed by atoms with Gasteiger partial charge >= 0.3 is 0 Å². The number of hydrogen-bond acceptors (Lipinski definition) is 3. The zero-order valence-electron chi connectivity index (χ0n) is 13.2. The molecule has 0 aliphatic rings. The van der Waals surface area contributed by atoms with Crippen molar-refractivity contribution in [3.8, 4) is 11.3 Å². The van der Waals surface area contributed by atoms with Crippen LogP contribution in [0.4, 0.5) is 0 Å². The second-order valence-corrected chi connectivity index (χ2v) is 7.03. The molecule has 0 N–H and O–H groups in total. The molecule has 2 aromatic heterocycles. The van der Waals surface area contributed by atoms with Gasteiger partial charge in [0, 0.05) is 31.1 Å². The fourth-order valence-electron chi connectivity index (χ4n) is 3.29. The van der Waals surface area contributed by atoms with E-state index in [-0.39, 0.29) is 0 Å². The van der Waals surface area contributed by atoms with E-state index >= 15 is 0 Å². The molecule has 0 fully saturated rings. The maximum absolute atomic E-state index is 4.73. The molecule has 0 unspecified atom stereocenters. The Bertz CT molecular complexity index is 1220. The fraction of sp³-hybridized carbons (Fsp3) is 0.0476. The molecule has 0 spiro atoms. The number of aryl methyl sites for hydroxylation is 1. The minimum atomic E-state index is 0.806. The summed E-state index contributed by atoms with van der Waals surface area (Å²) in [6, 6.07) is 23.4. The van der Waals surface area contributed by atoms with Gasteiger partial charge in [0.1, 0.15) is 5.82 Å². The second-order valence-electron chi connectivity index (χ2n) is 5.95. The van der Waals surface area contributed by atoms with Crippen LogP contribution in [0.25, 0.3) is 42.3 Å². The van der Waals surface area contributed by atoms with Crippen LogP contribution >= 0.6 is 11.3 Å². The van der Waals surface area contributed by atoms with Gasteiger partial charge in [0.25, 0.3) is 0 Å². The third kappa shape index (κ3) is 2.02. The SMILES string of the molecule is Cc1nc(-c2ccc3c(c2)sc2ccccc23)c2ccccc2n1. The summed E-state index contributed by atoms with van der Waals surface area (Å²) in [4.78, 5) is 9.28. The van der Waals surface area contributed by atoms with Crippen molar-refractivity contribution in [3.05, 3.63) is 72.6 Å². The quantitative estimate of drug-likeness (QED) is 0.379. The highest BCUT2D eigenvalue weighted by Crippen LogP contribution is 2.36. The summed E-state index contributed by atoms with van der Waals surface area (Å²) in [6.45, 7) is 1.95. The zero-order valence-corrected chi connectivity index (χ0v) is 14.0. The van der Waals surface area contributed by atoms with Crippen LogP contribution in [0.2, 0.25) is 0 Å². The Morgan fingerprint density at radius 1 is 0.708 bits per heavy atom. The molecule has 0 aliphatic heterocycles. The van der Waals surface area contributed by atoms with Gasteiger partial charge in [0.05, 0.1) is 11.2 Å². The van der Waals surface area contributed by atoms with Gasteiger partial charge < -0.3 is 0 Å². The molecule has 5 rings (SSSR count). The van der Waals surface area contributed by atoms with E-state index in [0.717, 1.165) is 28.0 Å². The van der Waals surface area contributed by atoms with Crippen LogP contribution in [0, 0.1) is 6.92 Å². The Kier molecular flexibility index (Phi) is 2.91. The van der Waals surface area contributed by atoms with Crippen LogP contribution in [0.5, 0.6) is 0 Å². The van der Waals surface area contributed by atoms with Gasteiger partial charge in [0.2, 0.25) is 0 Å². The average Bonchev–Trinajstić information content (AvgIpc) is 2.98. The smallest absolute Gasteiger partial charge is 0.126 e. The molecule has 0 amide bonds. The first-order chi connectivity index (χ1) is 11.8. The van der Waals surface area contributed by atoms with Crippen molar-refractivity contribution in [2.45, 2.75) is 6.92 Å². The van der Waals surface area contributed by atoms with Crippen LogP contribution in [0.3, 0.4) is 0 Å². The molecule has 0 saturated heterocycles. The molecular formula is C21H14N2S. The minimum Gasteiger partial charge on any atom is -0.233 e. The molecule has 0 bridgehead atoms. The summed E-state index contributed by atoms with van der Waals surface area (Å²) >= 11 is 1.84. The van der Waals surface area contributed by atoms with Crippen molar-refractivity contribution < 1.29 is 0 Å². The van der Waals surface area contributed by atoms with Crippen molar-refractivity contribution >= 4 is 42.4 Å². The predicted octanol–water partition coefficient (Wildman–Crippen LogP) is 5.97. The standard InChI is InChI=1S/C21H14N2S/c1-13-22-18-8-4-2-7-17(18)21(23-13)14-10-11-16-15-6-3-5-9-19(15)24-20(16)12-14/h2-12H,1H3. The lowest BCUT2D eigenvalue weighted by atomic mass is 10.0. The van der Waals surface area contributed by atoms with Gasteiger partial charge in [-0.3, -0.25) is 0 Å². The molecule has 0 atom stereocenters. The topological polar surface area (TPSA) is 25.8 Å². The van der Waals surface area contributed by atoms with Crippen LogP contribution < -0.4 is 0 Å². The van der Waals surface area contributed by atoms with E-state index in [9.17, 15) is 0 Å². The summed E-state index contributed by atoms with van der Waals surface area (Å²) in [5.41, 5.74) is 3.16. The first-order valence-corrected chi connectivity index (χ1v) is 8.76. The molecule has 24 heavy (non-hydrogen) atoms. The molecule has 3 aromatic carbocycles. The number of thiophene rings is 1. The van der Waals surface area contributed by atoms with Gasteiger partial charge in [-0.1, -0.05) is 48.5 Å². The number of benzene rings is 3.